The molecule has 0 aliphatic rings. The van der Waals surface area contributed by atoms with Crippen LogP contribution in [0.2, 0.25) is 0 Å². The van der Waals surface area contributed by atoms with E-state index in [-0.39, 0.29) is 25.7 Å². The Morgan fingerprint density at radius 2 is 0.516 bits per heavy atom. The van der Waals surface area contributed by atoms with Gasteiger partial charge in [0.05, 0.1) is 26.4 Å². The van der Waals surface area contributed by atoms with Gasteiger partial charge in [0.25, 0.3) is 0 Å². The average molecular weight is 1370 g/mol. The van der Waals surface area contributed by atoms with Crippen LogP contribution >= 0.6 is 15.6 Å². The normalized spacial score (nSPS) is 14.5. The molecule has 0 radical (unpaired) electrons. The van der Waals surface area contributed by atoms with E-state index in [9.17, 15) is 43.2 Å². The number of unbranched alkanes of at least 4 members (excludes halogenated alkanes) is 36. The summed E-state index contributed by atoms with van der Waals surface area (Å²) in [4.78, 5) is 72.6. The maximum Gasteiger partial charge on any atom is 0.472 e. The summed E-state index contributed by atoms with van der Waals surface area (Å²) in [7, 11) is -9.90. The number of esters is 4. The molecule has 0 saturated carbocycles. The van der Waals surface area contributed by atoms with Crippen molar-refractivity contribution in [2.75, 3.05) is 39.6 Å². The first-order chi connectivity index (χ1) is 44.6. The fraction of sp³-hybridized carbons (Fsp3) is 0.946. The minimum absolute atomic E-state index is 0.102. The van der Waals surface area contributed by atoms with Crippen LogP contribution in [0.3, 0.4) is 0 Å². The summed E-state index contributed by atoms with van der Waals surface area (Å²) in [6.45, 7) is 14.1. The maximum atomic E-state index is 13.0. The molecule has 17 nitrogen and oxygen atoms in total. The second-order valence-electron chi connectivity index (χ2n) is 28.4. The van der Waals surface area contributed by atoms with E-state index >= 15 is 0 Å². The number of rotatable bonds is 71. The molecule has 0 aliphatic heterocycles. The van der Waals surface area contributed by atoms with Crippen LogP contribution in [-0.4, -0.2) is 96.7 Å². The lowest BCUT2D eigenvalue weighted by Gasteiger charge is -2.21. The van der Waals surface area contributed by atoms with Crippen molar-refractivity contribution in [2.45, 2.75) is 388 Å². The SMILES string of the molecule is CCC(C)CCCCCCCCCCCCCCCCCCCCC(=O)OC[C@H](COP(=O)(O)OCC(O)COP(=O)(O)OC[C@@H](COC(=O)CCCCCCCCCC(C)C)OC(=O)CCCCCCCCCC(C)C)OC(=O)CCCCCCCCCCC(C)C. The number of carbonyl (C=O) groups excluding carboxylic acids is 4. The highest BCUT2D eigenvalue weighted by molar-refractivity contribution is 7.47. The molecule has 0 amide bonds. The molecule has 4 unspecified atom stereocenters. The molecule has 3 N–H and O–H groups in total. The van der Waals surface area contributed by atoms with Gasteiger partial charge in [-0.1, -0.05) is 319 Å². The maximum absolute atomic E-state index is 13.0. The molecule has 0 spiro atoms. The number of phosphoric acid groups is 2. The van der Waals surface area contributed by atoms with Crippen molar-refractivity contribution in [3.05, 3.63) is 0 Å². The molecular formula is C74H144O17P2. The summed E-state index contributed by atoms with van der Waals surface area (Å²) in [5.74, 6) is 0.863. The lowest BCUT2D eigenvalue weighted by molar-refractivity contribution is -0.161. The Labute approximate surface area is 568 Å². The first kappa shape index (κ1) is 91.1. The molecule has 552 valence electrons. The highest BCUT2D eigenvalue weighted by Crippen LogP contribution is 2.45. The number of phosphoric ester groups is 2. The average Bonchev–Trinajstić information content (AvgIpc) is 2.91. The largest absolute Gasteiger partial charge is 0.472 e. The molecule has 0 bridgehead atoms. The van der Waals surface area contributed by atoms with E-state index in [1.165, 1.54) is 167 Å². The lowest BCUT2D eigenvalue weighted by Crippen LogP contribution is -2.30. The Morgan fingerprint density at radius 1 is 0.301 bits per heavy atom. The van der Waals surface area contributed by atoms with Gasteiger partial charge in [0.15, 0.2) is 12.2 Å². The van der Waals surface area contributed by atoms with Gasteiger partial charge in [-0.25, -0.2) is 9.13 Å². The smallest absolute Gasteiger partial charge is 0.462 e. The number of ether oxygens (including phenoxy) is 4. The van der Waals surface area contributed by atoms with E-state index in [2.05, 4.69) is 55.4 Å². The van der Waals surface area contributed by atoms with Crippen molar-refractivity contribution >= 4 is 39.5 Å². The van der Waals surface area contributed by atoms with Gasteiger partial charge < -0.3 is 33.8 Å². The van der Waals surface area contributed by atoms with Crippen molar-refractivity contribution < 1.29 is 80.2 Å². The zero-order valence-corrected chi connectivity index (χ0v) is 62.7. The van der Waals surface area contributed by atoms with Gasteiger partial charge >= 0.3 is 39.5 Å². The van der Waals surface area contributed by atoms with Gasteiger partial charge in [-0.15, -0.1) is 0 Å². The van der Waals surface area contributed by atoms with Crippen LogP contribution in [0.25, 0.3) is 0 Å². The molecule has 0 aliphatic carbocycles. The molecule has 0 aromatic carbocycles. The molecule has 93 heavy (non-hydrogen) atoms. The first-order valence-electron chi connectivity index (χ1n) is 38.2. The third-order valence-electron chi connectivity index (χ3n) is 17.4. The molecule has 0 fully saturated rings. The monoisotopic (exact) mass is 1370 g/mol. The predicted molar refractivity (Wildman–Crippen MR) is 377 cm³/mol. The number of hydrogen-bond donors (Lipinski definition) is 3. The first-order valence-corrected chi connectivity index (χ1v) is 41.2. The van der Waals surface area contributed by atoms with Gasteiger partial charge in [-0.05, 0) is 49.4 Å². The minimum atomic E-state index is -4.95. The third kappa shape index (κ3) is 67.0. The van der Waals surface area contributed by atoms with Crippen LogP contribution in [0.15, 0.2) is 0 Å². The van der Waals surface area contributed by atoms with Crippen LogP contribution in [-0.2, 0) is 65.4 Å². The lowest BCUT2D eigenvalue weighted by atomic mass is 9.99. The quantitative estimate of drug-likeness (QED) is 0.0222. The van der Waals surface area contributed by atoms with Gasteiger partial charge in [0.1, 0.15) is 19.3 Å². The third-order valence-corrected chi connectivity index (χ3v) is 19.3. The van der Waals surface area contributed by atoms with E-state index < -0.39 is 97.5 Å². The zero-order valence-electron chi connectivity index (χ0n) is 60.9. The van der Waals surface area contributed by atoms with Gasteiger partial charge in [-0.2, -0.15) is 0 Å². The predicted octanol–water partition coefficient (Wildman–Crippen LogP) is 21.3. The van der Waals surface area contributed by atoms with Crippen LogP contribution < -0.4 is 0 Å². The van der Waals surface area contributed by atoms with E-state index in [4.69, 9.17) is 37.0 Å². The van der Waals surface area contributed by atoms with Crippen LogP contribution in [0.5, 0.6) is 0 Å². The highest BCUT2D eigenvalue weighted by Gasteiger charge is 2.30. The highest BCUT2D eigenvalue weighted by atomic mass is 31.2. The number of carbonyl (C=O) groups is 4. The fourth-order valence-electron chi connectivity index (χ4n) is 11.2. The summed E-state index contributed by atoms with van der Waals surface area (Å²) in [6, 6.07) is 0. The topological polar surface area (TPSA) is 237 Å². The Balaban J connectivity index is 5.12. The molecular weight excluding hydrogens is 1220 g/mol. The Bertz CT molecular complexity index is 1840. The minimum Gasteiger partial charge on any atom is -0.462 e. The van der Waals surface area contributed by atoms with Crippen molar-refractivity contribution in [2.24, 2.45) is 23.7 Å². The fourth-order valence-corrected chi connectivity index (χ4v) is 12.7. The summed E-state index contributed by atoms with van der Waals surface area (Å²) in [5.41, 5.74) is 0. The molecule has 0 aromatic heterocycles. The Kier molecular flexibility index (Phi) is 62.2. The number of hydrogen-bond acceptors (Lipinski definition) is 15. The van der Waals surface area contributed by atoms with Gasteiger partial charge in [0.2, 0.25) is 0 Å². The summed E-state index contributed by atoms with van der Waals surface area (Å²) < 4.78 is 68.3. The Hall–Kier alpha value is -1.94. The standard InChI is InChI=1S/C74H144O17P2/c1-9-67(8)53-45-37-29-20-18-16-14-12-10-11-13-15-17-19-21-30-38-46-54-71(76)84-60-69(90-73(78)56-48-40-31-23-22-26-34-42-50-64(2)3)62-88-92(80,81)86-58-68(75)59-87-93(82,83)89-63-70(91-74(79)57-49-41-33-25-28-36-44-52-66(6)7)61-85-72(77)55-47-39-32-24-27-35-43-51-65(4)5/h64-70,75H,9-63H2,1-8H3,(H,80,81)(H,82,83)/t67?,68?,69-,70-/m1/s1. The van der Waals surface area contributed by atoms with E-state index in [1.54, 1.807) is 0 Å². The second kappa shape index (κ2) is 63.5. The van der Waals surface area contributed by atoms with Crippen LogP contribution in [0.1, 0.15) is 370 Å². The van der Waals surface area contributed by atoms with Gasteiger partial charge in [0, 0.05) is 25.7 Å². The second-order valence-corrected chi connectivity index (χ2v) is 31.3. The Morgan fingerprint density at radius 3 is 0.763 bits per heavy atom. The summed E-state index contributed by atoms with van der Waals surface area (Å²) >= 11 is 0. The molecule has 0 aromatic rings. The van der Waals surface area contributed by atoms with E-state index in [0.29, 0.717) is 37.5 Å². The van der Waals surface area contributed by atoms with Crippen molar-refractivity contribution in [3.8, 4) is 0 Å². The van der Waals surface area contributed by atoms with Crippen molar-refractivity contribution in [1.82, 2.24) is 0 Å². The molecule has 6 atom stereocenters. The number of aliphatic hydroxyl groups is 1. The summed E-state index contributed by atoms with van der Waals surface area (Å²) in [5, 5.41) is 10.6. The summed E-state index contributed by atoms with van der Waals surface area (Å²) in [6.07, 6.45) is 47.6. The van der Waals surface area contributed by atoms with E-state index in [1.807, 2.05) is 0 Å². The van der Waals surface area contributed by atoms with E-state index in [0.717, 1.165) is 108 Å². The molecule has 0 heterocycles. The molecule has 0 saturated heterocycles. The van der Waals surface area contributed by atoms with Gasteiger partial charge in [-0.3, -0.25) is 37.3 Å². The van der Waals surface area contributed by atoms with Crippen LogP contribution in [0.4, 0.5) is 0 Å². The zero-order chi connectivity index (χ0) is 68.9. The number of aliphatic hydroxyl groups excluding tert-OH is 1. The van der Waals surface area contributed by atoms with Crippen molar-refractivity contribution in [3.63, 3.8) is 0 Å². The van der Waals surface area contributed by atoms with Crippen molar-refractivity contribution in [1.29, 1.82) is 0 Å². The molecule has 0 rings (SSSR count). The molecule has 19 heteroatoms. The van der Waals surface area contributed by atoms with Crippen LogP contribution in [0, 0.1) is 23.7 Å².